The maximum atomic E-state index is 2.88. The van der Waals surface area contributed by atoms with E-state index in [9.17, 15) is 0 Å². The van der Waals surface area contributed by atoms with E-state index < -0.39 is 26.5 Å². The Morgan fingerprint density at radius 2 is 1.27 bits per heavy atom. The van der Waals surface area contributed by atoms with Gasteiger partial charge in [-0.3, -0.25) is 0 Å². The summed E-state index contributed by atoms with van der Waals surface area (Å²) in [6, 6.07) is 0. The molecule has 154 valence electrons. The molecule has 1 aliphatic rings. The average Bonchev–Trinajstić information content (AvgIpc) is 2.62. The summed E-state index contributed by atoms with van der Waals surface area (Å²) < 4.78 is 6.67. The molecule has 0 unspecified atom stereocenters. The first-order valence-electron chi connectivity index (χ1n) is 12.1. The summed E-state index contributed by atoms with van der Waals surface area (Å²) in [6.45, 7) is 15.1. The molecule has 0 N–H and O–H groups in total. The minimum absolute atomic E-state index is 0.929. The van der Waals surface area contributed by atoms with Crippen molar-refractivity contribution in [3.05, 3.63) is 11.3 Å². The van der Waals surface area contributed by atoms with Crippen LogP contribution in [0.2, 0.25) is 37.4 Å². The van der Waals surface area contributed by atoms with Crippen molar-refractivity contribution >= 4 is 26.5 Å². The van der Waals surface area contributed by atoms with Gasteiger partial charge in [-0.1, -0.05) is 0 Å². The fourth-order valence-corrected chi connectivity index (χ4v) is 28.9. The second-order valence-electron chi connectivity index (χ2n) is 10.3. The van der Waals surface area contributed by atoms with E-state index in [4.69, 9.17) is 0 Å². The van der Waals surface area contributed by atoms with Gasteiger partial charge in [0.05, 0.1) is 0 Å². The molecule has 0 aromatic rings. The van der Waals surface area contributed by atoms with Crippen LogP contribution in [0.1, 0.15) is 91.4 Å². The quantitative estimate of drug-likeness (QED) is 0.228. The van der Waals surface area contributed by atoms with Gasteiger partial charge < -0.3 is 0 Å². The summed E-state index contributed by atoms with van der Waals surface area (Å²) >= 11 is -2.05. The molecule has 1 rings (SSSR count). The van der Waals surface area contributed by atoms with Gasteiger partial charge in [-0.25, -0.2) is 0 Å². The predicted octanol–water partition coefficient (Wildman–Crippen LogP) is 9.22. The standard InChI is InChI=1S/C12H23Si.3C4H9.Sn/c1-11(13(2,3)4)10-12-8-6-5-7-9-12;3*1-3-4-2;/h10,12H,1,5-9H2,2-4H3;3*1,3-4H2,2H3;/b11-10+;;;;. The summed E-state index contributed by atoms with van der Waals surface area (Å²) in [6.07, 6.45) is 19.1. The van der Waals surface area contributed by atoms with E-state index in [1.54, 1.807) is 17.7 Å². The molecule has 0 bridgehead atoms. The van der Waals surface area contributed by atoms with Gasteiger partial charge >= 0.3 is 172 Å². The Kier molecular flexibility index (Phi) is 12.5. The molecule has 26 heavy (non-hydrogen) atoms. The van der Waals surface area contributed by atoms with Crippen LogP contribution in [0.4, 0.5) is 0 Å². The molecule has 0 heterocycles. The van der Waals surface area contributed by atoms with Gasteiger partial charge in [-0.05, 0) is 0 Å². The molecular formula is C24H50SiSn. The Morgan fingerprint density at radius 3 is 1.65 bits per heavy atom. The zero-order valence-electron chi connectivity index (χ0n) is 19.3. The molecule has 1 saturated carbocycles. The van der Waals surface area contributed by atoms with Crippen LogP contribution < -0.4 is 0 Å². The van der Waals surface area contributed by atoms with Crippen molar-refractivity contribution in [3.63, 3.8) is 0 Å². The van der Waals surface area contributed by atoms with Crippen LogP contribution in [0.3, 0.4) is 0 Å². The zero-order valence-corrected chi connectivity index (χ0v) is 23.1. The van der Waals surface area contributed by atoms with E-state index in [0.29, 0.717) is 0 Å². The Morgan fingerprint density at radius 1 is 0.808 bits per heavy atom. The van der Waals surface area contributed by atoms with E-state index in [-0.39, 0.29) is 0 Å². The van der Waals surface area contributed by atoms with Crippen LogP contribution >= 0.6 is 0 Å². The number of hydrogen-bond donors (Lipinski definition) is 0. The number of hydrogen-bond acceptors (Lipinski definition) is 0. The zero-order chi connectivity index (χ0) is 19.5. The minimum atomic E-state index is -2.05. The summed E-state index contributed by atoms with van der Waals surface area (Å²) in [5, 5.41) is 2.02. The molecule has 0 spiro atoms. The molecular weight excluding hydrogens is 435 g/mol. The van der Waals surface area contributed by atoms with Crippen molar-refractivity contribution in [2.45, 2.75) is 129 Å². The van der Waals surface area contributed by atoms with E-state index in [2.05, 4.69) is 46.5 Å². The molecule has 0 atom stereocenters. The van der Waals surface area contributed by atoms with Gasteiger partial charge in [-0.15, -0.1) is 0 Å². The summed E-state index contributed by atoms with van der Waals surface area (Å²) in [7, 11) is -1.18. The summed E-state index contributed by atoms with van der Waals surface area (Å²) in [5.41, 5.74) is 0. The third kappa shape index (κ3) is 9.30. The van der Waals surface area contributed by atoms with Gasteiger partial charge in [0.15, 0.2) is 0 Å². The number of unbranched alkanes of at least 4 members (excludes halogenated alkanes) is 3. The van der Waals surface area contributed by atoms with Crippen LogP contribution in [0.5, 0.6) is 0 Å². The molecule has 0 aromatic heterocycles. The van der Waals surface area contributed by atoms with Crippen molar-refractivity contribution in [1.29, 1.82) is 0 Å². The molecule has 1 fully saturated rings. The normalized spacial score (nSPS) is 17.7. The van der Waals surface area contributed by atoms with E-state index in [1.165, 1.54) is 70.6 Å². The first-order valence-corrected chi connectivity index (χ1v) is 23.7. The van der Waals surface area contributed by atoms with Gasteiger partial charge in [-0.2, -0.15) is 0 Å². The van der Waals surface area contributed by atoms with Crippen LogP contribution in [0.25, 0.3) is 0 Å². The van der Waals surface area contributed by atoms with Crippen LogP contribution in [-0.4, -0.2) is 26.5 Å². The van der Waals surface area contributed by atoms with Crippen molar-refractivity contribution in [2.75, 3.05) is 0 Å². The van der Waals surface area contributed by atoms with Crippen LogP contribution in [-0.2, 0) is 0 Å². The monoisotopic (exact) mass is 486 g/mol. The SMILES string of the molecule is CCC[CH2][Sn]([CH2]CCC)([CH2]CCC)[CH2]/C(=C\C1CCCCC1)[Si](C)(C)C. The molecule has 0 saturated heterocycles. The van der Waals surface area contributed by atoms with Crippen molar-refractivity contribution < 1.29 is 0 Å². The Balaban J connectivity index is 3.06. The van der Waals surface area contributed by atoms with Gasteiger partial charge in [0.25, 0.3) is 0 Å². The second-order valence-corrected chi connectivity index (χ2v) is 29.3. The van der Waals surface area contributed by atoms with E-state index in [1.807, 2.05) is 5.20 Å². The van der Waals surface area contributed by atoms with Crippen molar-refractivity contribution in [3.8, 4) is 0 Å². The van der Waals surface area contributed by atoms with Crippen molar-refractivity contribution in [2.24, 2.45) is 5.92 Å². The Hall–Kier alpha value is 0.756. The fraction of sp³-hybridized carbons (Fsp3) is 0.917. The average molecular weight is 485 g/mol. The topological polar surface area (TPSA) is 0 Å². The predicted molar refractivity (Wildman–Crippen MR) is 128 cm³/mol. The van der Waals surface area contributed by atoms with Gasteiger partial charge in [0, 0.05) is 0 Å². The van der Waals surface area contributed by atoms with Crippen LogP contribution in [0.15, 0.2) is 11.3 Å². The molecule has 0 radical (unpaired) electrons. The Bertz CT molecular complexity index is 366. The molecule has 0 aromatic carbocycles. The molecule has 1 aliphatic carbocycles. The summed E-state index contributed by atoms with van der Waals surface area (Å²) in [4.78, 5) is 0. The number of rotatable bonds is 13. The third-order valence-corrected chi connectivity index (χ3v) is 25.4. The first kappa shape index (κ1) is 24.8. The van der Waals surface area contributed by atoms with E-state index >= 15 is 0 Å². The van der Waals surface area contributed by atoms with Crippen LogP contribution in [0, 0.1) is 5.92 Å². The second kappa shape index (κ2) is 13.1. The molecule has 0 amide bonds. The Labute approximate surface area is 171 Å². The molecule has 0 nitrogen and oxygen atoms in total. The van der Waals surface area contributed by atoms with E-state index in [0.717, 1.165) is 5.92 Å². The summed E-state index contributed by atoms with van der Waals surface area (Å²) in [5.74, 6) is 0.929. The fourth-order valence-electron chi connectivity index (χ4n) is 4.86. The van der Waals surface area contributed by atoms with Gasteiger partial charge in [0.2, 0.25) is 0 Å². The first-order chi connectivity index (χ1) is 12.4. The third-order valence-electron chi connectivity index (χ3n) is 6.80. The molecule has 0 aliphatic heterocycles. The molecule has 2 heteroatoms. The maximum absolute atomic E-state index is 2.88. The van der Waals surface area contributed by atoms with Crippen molar-refractivity contribution in [1.82, 2.24) is 0 Å². The van der Waals surface area contributed by atoms with Gasteiger partial charge in [0.1, 0.15) is 0 Å². The number of allylic oxidation sites excluding steroid dienone is 2.